The normalized spacial score (nSPS) is 12.5. The van der Waals surface area contributed by atoms with Crippen molar-refractivity contribution in [1.82, 2.24) is 5.32 Å². The minimum atomic E-state index is -0.100. The number of halogens is 2. The number of aliphatic hydroxyl groups is 1. The van der Waals surface area contributed by atoms with Crippen molar-refractivity contribution < 1.29 is 9.84 Å². The summed E-state index contributed by atoms with van der Waals surface area (Å²) in [7, 11) is 1.76. The van der Waals surface area contributed by atoms with Gasteiger partial charge < -0.3 is 15.2 Å². The minimum Gasteiger partial charge on any atom is -0.490 e. The Labute approximate surface area is 99.0 Å². The van der Waals surface area contributed by atoms with Crippen molar-refractivity contribution in [2.45, 2.75) is 6.04 Å². The maximum Gasteiger partial charge on any atom is 0.138 e. The van der Waals surface area contributed by atoms with Crippen LogP contribution in [0.3, 0.4) is 0 Å². The summed E-state index contributed by atoms with van der Waals surface area (Å²) in [5.41, 5.74) is 0. The molecule has 0 fully saturated rings. The van der Waals surface area contributed by atoms with Gasteiger partial charge in [0.25, 0.3) is 0 Å². The third kappa shape index (κ3) is 3.87. The molecular formula is C10H13Cl2NO2. The minimum absolute atomic E-state index is 0.0156. The Morgan fingerprint density at radius 1 is 1.47 bits per heavy atom. The van der Waals surface area contributed by atoms with Gasteiger partial charge in [0.05, 0.1) is 17.7 Å². The lowest BCUT2D eigenvalue weighted by Gasteiger charge is -2.15. The van der Waals surface area contributed by atoms with E-state index in [-0.39, 0.29) is 12.6 Å². The van der Waals surface area contributed by atoms with E-state index in [1.807, 2.05) is 0 Å². The first-order valence-electron chi connectivity index (χ1n) is 4.53. The molecule has 5 heteroatoms. The van der Waals surface area contributed by atoms with Crippen molar-refractivity contribution in [1.29, 1.82) is 0 Å². The van der Waals surface area contributed by atoms with Crippen LogP contribution in [0, 0.1) is 0 Å². The molecule has 3 nitrogen and oxygen atoms in total. The molecule has 2 N–H and O–H groups in total. The van der Waals surface area contributed by atoms with Gasteiger partial charge in [-0.25, -0.2) is 0 Å². The molecule has 0 amide bonds. The second-order valence-corrected chi connectivity index (χ2v) is 3.90. The lowest BCUT2D eigenvalue weighted by molar-refractivity contribution is 0.189. The fourth-order valence-electron chi connectivity index (χ4n) is 1.01. The standard InChI is InChI=1S/C10H13Cl2NO2/c1-13-8(5-14)6-15-10-3-2-7(11)4-9(10)12/h2-4,8,13-14H,5-6H2,1H3. The second kappa shape index (κ2) is 6.18. The molecule has 0 aliphatic heterocycles. The van der Waals surface area contributed by atoms with Crippen molar-refractivity contribution in [3.63, 3.8) is 0 Å². The Morgan fingerprint density at radius 2 is 2.20 bits per heavy atom. The van der Waals surface area contributed by atoms with Gasteiger partial charge in [-0.1, -0.05) is 23.2 Å². The van der Waals surface area contributed by atoms with Crippen LogP contribution >= 0.6 is 23.2 Å². The van der Waals surface area contributed by atoms with Crippen LogP contribution < -0.4 is 10.1 Å². The number of ether oxygens (including phenoxy) is 1. The van der Waals surface area contributed by atoms with E-state index < -0.39 is 0 Å². The lowest BCUT2D eigenvalue weighted by Crippen LogP contribution is -2.34. The van der Waals surface area contributed by atoms with E-state index >= 15 is 0 Å². The SMILES string of the molecule is CNC(CO)COc1ccc(Cl)cc1Cl. The number of benzene rings is 1. The smallest absolute Gasteiger partial charge is 0.138 e. The highest BCUT2D eigenvalue weighted by Crippen LogP contribution is 2.27. The van der Waals surface area contributed by atoms with Gasteiger partial charge in [0.15, 0.2) is 0 Å². The Bertz CT molecular complexity index is 316. The maximum absolute atomic E-state index is 8.92. The number of hydrogen-bond donors (Lipinski definition) is 2. The molecule has 0 saturated heterocycles. The van der Waals surface area contributed by atoms with Gasteiger partial charge >= 0.3 is 0 Å². The highest BCUT2D eigenvalue weighted by Gasteiger charge is 2.07. The number of aliphatic hydroxyl groups excluding tert-OH is 1. The van der Waals surface area contributed by atoms with E-state index in [2.05, 4.69) is 5.32 Å². The first kappa shape index (κ1) is 12.6. The average molecular weight is 250 g/mol. The molecule has 84 valence electrons. The van der Waals surface area contributed by atoms with Crippen molar-refractivity contribution in [2.75, 3.05) is 20.3 Å². The Hall–Kier alpha value is -0.480. The number of hydrogen-bond acceptors (Lipinski definition) is 3. The van der Waals surface area contributed by atoms with Crippen molar-refractivity contribution >= 4 is 23.2 Å². The third-order valence-electron chi connectivity index (χ3n) is 1.96. The van der Waals surface area contributed by atoms with E-state index in [0.717, 1.165) is 0 Å². The van der Waals surface area contributed by atoms with Gasteiger partial charge in [-0.3, -0.25) is 0 Å². The summed E-state index contributed by atoms with van der Waals surface area (Å²) < 4.78 is 5.42. The average Bonchev–Trinajstić information content (AvgIpc) is 2.22. The van der Waals surface area contributed by atoms with Crippen molar-refractivity contribution in [3.8, 4) is 5.75 Å². The van der Waals surface area contributed by atoms with Crippen LogP contribution in [0.4, 0.5) is 0 Å². The fraction of sp³-hybridized carbons (Fsp3) is 0.400. The molecular weight excluding hydrogens is 237 g/mol. The van der Waals surface area contributed by atoms with E-state index in [9.17, 15) is 0 Å². The molecule has 0 aliphatic rings. The highest BCUT2D eigenvalue weighted by atomic mass is 35.5. The molecule has 0 bridgehead atoms. The molecule has 1 rings (SSSR count). The number of nitrogens with one attached hydrogen (secondary N) is 1. The molecule has 0 heterocycles. The first-order chi connectivity index (χ1) is 7.17. The van der Waals surface area contributed by atoms with E-state index in [1.54, 1.807) is 25.2 Å². The summed E-state index contributed by atoms with van der Waals surface area (Å²) in [6, 6.07) is 4.92. The van der Waals surface area contributed by atoms with Gasteiger partial charge in [0.1, 0.15) is 12.4 Å². The van der Waals surface area contributed by atoms with Crippen LogP contribution in [-0.4, -0.2) is 31.4 Å². The summed E-state index contributed by atoms with van der Waals surface area (Å²) in [6.07, 6.45) is 0. The predicted octanol–water partition coefficient (Wildman–Crippen LogP) is 1.95. The summed E-state index contributed by atoms with van der Waals surface area (Å²) >= 11 is 11.6. The van der Waals surface area contributed by atoms with Crippen LogP contribution in [0.5, 0.6) is 5.75 Å². The van der Waals surface area contributed by atoms with Gasteiger partial charge in [-0.2, -0.15) is 0 Å². The summed E-state index contributed by atoms with van der Waals surface area (Å²) in [5.74, 6) is 0.565. The van der Waals surface area contributed by atoms with Crippen LogP contribution in [0.25, 0.3) is 0 Å². The zero-order valence-electron chi connectivity index (χ0n) is 8.34. The second-order valence-electron chi connectivity index (χ2n) is 3.05. The van der Waals surface area contributed by atoms with Crippen LogP contribution in [-0.2, 0) is 0 Å². The molecule has 0 aliphatic carbocycles. The Morgan fingerprint density at radius 3 is 2.73 bits per heavy atom. The van der Waals surface area contributed by atoms with Gasteiger partial charge in [0, 0.05) is 5.02 Å². The quantitative estimate of drug-likeness (QED) is 0.839. The Balaban J connectivity index is 2.57. The molecule has 0 aromatic heterocycles. The molecule has 1 unspecified atom stereocenters. The molecule has 0 saturated carbocycles. The van der Waals surface area contributed by atoms with Gasteiger partial charge in [-0.05, 0) is 25.2 Å². The topological polar surface area (TPSA) is 41.5 Å². The first-order valence-corrected chi connectivity index (χ1v) is 5.29. The van der Waals surface area contributed by atoms with Crippen molar-refractivity contribution in [3.05, 3.63) is 28.2 Å². The largest absolute Gasteiger partial charge is 0.490 e. The lowest BCUT2D eigenvalue weighted by atomic mass is 10.3. The summed E-state index contributed by atoms with van der Waals surface area (Å²) in [6.45, 7) is 0.371. The molecule has 0 radical (unpaired) electrons. The summed E-state index contributed by atoms with van der Waals surface area (Å²) in [5, 5.41) is 12.9. The molecule has 1 aromatic rings. The van der Waals surface area contributed by atoms with Crippen LogP contribution in [0.2, 0.25) is 10.0 Å². The predicted molar refractivity (Wildman–Crippen MR) is 61.9 cm³/mol. The third-order valence-corrected chi connectivity index (χ3v) is 2.49. The Kier molecular flexibility index (Phi) is 5.19. The fourth-order valence-corrected chi connectivity index (χ4v) is 1.47. The number of rotatable bonds is 5. The number of likely N-dealkylation sites (N-methyl/N-ethyl adjacent to an activating group) is 1. The van der Waals surface area contributed by atoms with E-state index in [4.69, 9.17) is 33.0 Å². The van der Waals surface area contributed by atoms with Crippen molar-refractivity contribution in [2.24, 2.45) is 0 Å². The van der Waals surface area contributed by atoms with E-state index in [0.29, 0.717) is 22.4 Å². The van der Waals surface area contributed by atoms with Gasteiger partial charge in [0.2, 0.25) is 0 Å². The molecule has 0 spiro atoms. The zero-order chi connectivity index (χ0) is 11.3. The molecule has 15 heavy (non-hydrogen) atoms. The molecule has 1 atom stereocenters. The summed E-state index contributed by atoms with van der Waals surface area (Å²) in [4.78, 5) is 0. The van der Waals surface area contributed by atoms with Crippen LogP contribution in [0.1, 0.15) is 0 Å². The maximum atomic E-state index is 8.92. The van der Waals surface area contributed by atoms with Crippen LogP contribution in [0.15, 0.2) is 18.2 Å². The van der Waals surface area contributed by atoms with Gasteiger partial charge in [-0.15, -0.1) is 0 Å². The van der Waals surface area contributed by atoms with E-state index in [1.165, 1.54) is 0 Å². The monoisotopic (exact) mass is 249 g/mol. The highest BCUT2D eigenvalue weighted by molar-refractivity contribution is 6.35. The molecule has 1 aromatic carbocycles. The zero-order valence-corrected chi connectivity index (χ0v) is 9.85.